The molecule has 2 aliphatic heterocycles. The summed E-state index contributed by atoms with van der Waals surface area (Å²) in [6.07, 6.45) is 5.90. The lowest BCUT2D eigenvalue weighted by molar-refractivity contribution is 0.352. The molecule has 1 aromatic carbocycles. The van der Waals surface area contributed by atoms with Gasteiger partial charge in [-0.05, 0) is 36.6 Å². The molecular weight excluding hydrogens is 450 g/mol. The van der Waals surface area contributed by atoms with Crippen molar-refractivity contribution in [2.24, 2.45) is 15.1 Å². The second kappa shape index (κ2) is 7.60. The van der Waals surface area contributed by atoms with E-state index in [2.05, 4.69) is 36.3 Å². The number of aromatic amines is 2. The number of hydrazone groups is 1. The Hall–Kier alpha value is -3.14. The molecule has 10 heteroatoms. The first-order chi connectivity index (χ1) is 14.5. The predicted octanol–water partition coefficient (Wildman–Crippen LogP) is 2.33. The number of amidine groups is 2. The summed E-state index contributed by atoms with van der Waals surface area (Å²) in [4.78, 5) is 25.9. The average molecular weight is 470 g/mol. The zero-order valence-electron chi connectivity index (χ0n) is 16.0. The van der Waals surface area contributed by atoms with Crippen LogP contribution in [-0.2, 0) is 6.54 Å². The predicted molar refractivity (Wildman–Crippen MR) is 119 cm³/mol. The maximum Gasteiger partial charge on any atom is 0.326 e. The Kier molecular flexibility index (Phi) is 4.78. The second-order valence-electron chi connectivity index (χ2n) is 7.46. The smallest absolute Gasteiger partial charge is 0.326 e. The third kappa shape index (κ3) is 3.95. The van der Waals surface area contributed by atoms with E-state index in [0.29, 0.717) is 24.7 Å². The number of benzene rings is 1. The highest BCUT2D eigenvalue weighted by Gasteiger charge is 2.36. The molecule has 4 N–H and O–H groups in total. The first kappa shape index (κ1) is 18.9. The molecule has 2 fully saturated rings. The summed E-state index contributed by atoms with van der Waals surface area (Å²) in [7, 11) is 0. The molecule has 0 spiro atoms. The number of rotatable bonds is 4. The highest BCUT2D eigenvalue weighted by atomic mass is 79.9. The Bertz CT molecular complexity index is 1140. The van der Waals surface area contributed by atoms with Crippen LogP contribution in [0.2, 0.25) is 0 Å². The number of nitrogens with zero attached hydrogens (tertiary/aromatic N) is 4. The summed E-state index contributed by atoms with van der Waals surface area (Å²) in [6.45, 7) is 0.560. The fourth-order valence-electron chi connectivity index (χ4n) is 3.38. The molecule has 2 aromatic rings. The molecule has 1 saturated heterocycles. The van der Waals surface area contributed by atoms with Gasteiger partial charge in [-0.3, -0.25) is 15.0 Å². The number of aromatic hydroxyl groups is 1. The molecule has 0 bridgehead atoms. The highest BCUT2D eigenvalue weighted by Crippen LogP contribution is 2.29. The zero-order chi connectivity index (χ0) is 20.7. The monoisotopic (exact) mass is 469 g/mol. The van der Waals surface area contributed by atoms with Crippen LogP contribution in [0.25, 0.3) is 6.08 Å². The first-order valence-electron chi connectivity index (χ1n) is 9.72. The van der Waals surface area contributed by atoms with Crippen LogP contribution in [0.3, 0.4) is 0 Å². The maximum absolute atomic E-state index is 11.4. The fraction of sp³-hybridized carbons (Fsp3) is 0.300. The van der Waals surface area contributed by atoms with Crippen molar-refractivity contribution in [3.8, 4) is 5.88 Å². The lowest BCUT2D eigenvalue weighted by Gasteiger charge is -2.33. The topological polar surface area (TPSA) is 121 Å². The lowest BCUT2D eigenvalue weighted by atomic mass is 10.1. The molecule has 1 unspecified atom stereocenters. The Morgan fingerprint density at radius 2 is 2.07 bits per heavy atom. The van der Waals surface area contributed by atoms with Crippen LogP contribution >= 0.6 is 15.9 Å². The molecule has 5 rings (SSSR count). The van der Waals surface area contributed by atoms with Crippen molar-refractivity contribution >= 4 is 39.9 Å². The standard InChI is InChI=1S/C20H20BrN7O2/c21-13-3-1-11(2-4-13)9-22-16-8-17(24-14-5-6-14)28-18(26-16)12(10-23-28)7-15-19(29)27-20(30)25-15/h1-4,7,10,14,18,29H,5-6,8-9H2,(H,22,26)(H2,25,27,30)/b12-7-,24-17?. The van der Waals surface area contributed by atoms with Crippen molar-refractivity contribution in [1.29, 1.82) is 0 Å². The van der Waals surface area contributed by atoms with Gasteiger partial charge in [-0.1, -0.05) is 28.1 Å². The van der Waals surface area contributed by atoms with Crippen LogP contribution in [0.4, 0.5) is 0 Å². The Morgan fingerprint density at radius 3 is 2.77 bits per heavy atom. The van der Waals surface area contributed by atoms with Crippen molar-refractivity contribution in [3.63, 3.8) is 0 Å². The molecule has 1 atom stereocenters. The highest BCUT2D eigenvalue weighted by molar-refractivity contribution is 9.10. The second-order valence-corrected chi connectivity index (χ2v) is 8.38. The van der Waals surface area contributed by atoms with E-state index in [-0.39, 0.29) is 12.0 Å². The lowest BCUT2D eigenvalue weighted by Crippen LogP contribution is -2.53. The Balaban J connectivity index is 1.43. The largest absolute Gasteiger partial charge is 0.493 e. The van der Waals surface area contributed by atoms with E-state index >= 15 is 0 Å². The number of hydrogen-bond donors (Lipinski definition) is 4. The molecule has 1 aliphatic carbocycles. The fourth-order valence-corrected chi connectivity index (χ4v) is 3.64. The van der Waals surface area contributed by atoms with Crippen molar-refractivity contribution in [2.45, 2.75) is 38.0 Å². The van der Waals surface area contributed by atoms with Crippen LogP contribution in [-0.4, -0.2) is 50.2 Å². The minimum absolute atomic E-state index is 0.203. The van der Waals surface area contributed by atoms with Crippen LogP contribution < -0.4 is 11.0 Å². The third-order valence-electron chi connectivity index (χ3n) is 5.08. The molecule has 0 amide bonds. The van der Waals surface area contributed by atoms with Gasteiger partial charge in [0.25, 0.3) is 0 Å². The van der Waals surface area contributed by atoms with E-state index in [1.165, 1.54) is 0 Å². The Morgan fingerprint density at radius 1 is 1.27 bits per heavy atom. The molecule has 3 aliphatic rings. The normalized spacial score (nSPS) is 24.6. The number of halogens is 1. The third-order valence-corrected chi connectivity index (χ3v) is 5.60. The molecule has 30 heavy (non-hydrogen) atoms. The quantitative estimate of drug-likeness (QED) is 0.548. The van der Waals surface area contributed by atoms with Gasteiger partial charge in [0.1, 0.15) is 17.4 Å². The number of nitrogens with one attached hydrogen (secondary N) is 3. The van der Waals surface area contributed by atoms with Gasteiger partial charge in [0.05, 0.1) is 25.2 Å². The van der Waals surface area contributed by atoms with E-state index in [1.54, 1.807) is 12.3 Å². The van der Waals surface area contributed by atoms with E-state index in [0.717, 1.165) is 40.1 Å². The molecule has 1 saturated carbocycles. The summed E-state index contributed by atoms with van der Waals surface area (Å²) in [5, 5.41) is 19.7. The zero-order valence-corrected chi connectivity index (χ0v) is 17.6. The minimum Gasteiger partial charge on any atom is -0.493 e. The van der Waals surface area contributed by atoms with Crippen LogP contribution in [0, 0.1) is 0 Å². The number of imidazole rings is 1. The molecule has 0 radical (unpaired) electrons. The van der Waals surface area contributed by atoms with Gasteiger partial charge in [0, 0.05) is 10.0 Å². The van der Waals surface area contributed by atoms with Gasteiger partial charge in [-0.25, -0.2) is 9.80 Å². The summed E-state index contributed by atoms with van der Waals surface area (Å²) in [5.41, 5.74) is 1.75. The summed E-state index contributed by atoms with van der Waals surface area (Å²) in [6, 6.07) is 8.44. The van der Waals surface area contributed by atoms with Gasteiger partial charge in [0.15, 0.2) is 6.17 Å². The summed E-state index contributed by atoms with van der Waals surface area (Å²) >= 11 is 3.45. The number of fused-ring (bicyclic) bond motifs is 1. The van der Waals surface area contributed by atoms with Crippen molar-refractivity contribution < 1.29 is 5.11 Å². The van der Waals surface area contributed by atoms with Crippen molar-refractivity contribution in [2.75, 3.05) is 0 Å². The van der Waals surface area contributed by atoms with Gasteiger partial charge < -0.3 is 15.4 Å². The number of H-pyrrole nitrogens is 2. The molecule has 154 valence electrons. The van der Waals surface area contributed by atoms with Gasteiger partial charge in [-0.2, -0.15) is 5.10 Å². The molecule has 1 aromatic heterocycles. The van der Waals surface area contributed by atoms with Crippen LogP contribution in [0.5, 0.6) is 5.88 Å². The molecule has 9 nitrogen and oxygen atoms in total. The van der Waals surface area contributed by atoms with E-state index < -0.39 is 5.69 Å². The summed E-state index contributed by atoms with van der Waals surface area (Å²) < 4.78 is 1.04. The van der Waals surface area contributed by atoms with Gasteiger partial charge in [-0.15, -0.1) is 0 Å². The SMILES string of the molecule is O=c1[nH]c(O)c(/C=C2/C=NN3C(=NC4CC4)CC(=NCc4ccc(Br)cc4)NC23)[nH]1. The van der Waals surface area contributed by atoms with Crippen molar-refractivity contribution in [3.05, 3.63) is 56.1 Å². The molecule has 3 heterocycles. The number of hydrogen-bond acceptors (Lipinski definition) is 5. The van der Waals surface area contributed by atoms with Crippen molar-refractivity contribution in [1.82, 2.24) is 20.3 Å². The van der Waals surface area contributed by atoms with Gasteiger partial charge >= 0.3 is 5.69 Å². The van der Waals surface area contributed by atoms with E-state index in [4.69, 9.17) is 9.98 Å². The van der Waals surface area contributed by atoms with E-state index in [9.17, 15) is 9.90 Å². The van der Waals surface area contributed by atoms with Crippen LogP contribution in [0.15, 0.2) is 54.2 Å². The minimum atomic E-state index is -0.463. The summed E-state index contributed by atoms with van der Waals surface area (Å²) in [5.74, 6) is 1.51. The number of aliphatic imine (C=N–C) groups is 2. The first-order valence-corrected chi connectivity index (χ1v) is 10.5. The number of aromatic nitrogens is 2. The van der Waals surface area contributed by atoms with Gasteiger partial charge in [0.2, 0.25) is 5.88 Å². The average Bonchev–Trinajstić information content (AvgIpc) is 3.36. The maximum atomic E-state index is 11.4. The Labute approximate surface area is 180 Å². The van der Waals surface area contributed by atoms with E-state index in [1.807, 2.05) is 29.3 Å². The van der Waals surface area contributed by atoms with Crippen LogP contribution in [0.1, 0.15) is 30.5 Å². The molecular formula is C20H20BrN7O2.